The summed E-state index contributed by atoms with van der Waals surface area (Å²) in [6, 6.07) is 0. The molecule has 2 fully saturated rings. The van der Waals surface area contributed by atoms with E-state index < -0.39 is 8.07 Å². The van der Waals surface area contributed by atoms with Gasteiger partial charge in [0.05, 0.1) is 8.07 Å². The summed E-state index contributed by atoms with van der Waals surface area (Å²) in [7, 11) is -1.40. The Kier molecular flexibility index (Phi) is 5.60. The molecule has 0 amide bonds. The molecule has 0 radical (unpaired) electrons. The maximum Gasteiger partial charge on any atom is 0.0548 e. The van der Waals surface area contributed by atoms with Crippen molar-refractivity contribution in [2.24, 2.45) is 40.9 Å². The van der Waals surface area contributed by atoms with Gasteiger partial charge in [-0.25, -0.2) is 0 Å². The molecule has 170 valence electrons. The molecular weight excluding hydrogens is 388 g/mol. The van der Waals surface area contributed by atoms with E-state index in [1.807, 2.05) is 5.57 Å². The highest BCUT2D eigenvalue weighted by Crippen LogP contribution is 2.64. The summed E-state index contributed by atoms with van der Waals surface area (Å²) in [4.78, 5) is 0. The summed E-state index contributed by atoms with van der Waals surface area (Å²) in [6.07, 6.45) is 25.2. The summed E-state index contributed by atoms with van der Waals surface area (Å²) >= 11 is 0. The van der Waals surface area contributed by atoms with E-state index in [9.17, 15) is 0 Å². The number of fused-ring (bicyclic) bond motifs is 3. The lowest BCUT2D eigenvalue weighted by atomic mass is 9.64. The fourth-order valence-corrected chi connectivity index (χ4v) is 14.1. The van der Waals surface area contributed by atoms with Gasteiger partial charge in [0.2, 0.25) is 0 Å². The van der Waals surface area contributed by atoms with E-state index in [4.69, 9.17) is 0 Å². The minimum atomic E-state index is -1.40. The van der Waals surface area contributed by atoms with E-state index in [2.05, 4.69) is 77.2 Å². The Morgan fingerprint density at radius 3 is 2.55 bits per heavy atom. The van der Waals surface area contributed by atoms with Crippen LogP contribution in [0.2, 0.25) is 24.2 Å². The van der Waals surface area contributed by atoms with Crippen LogP contribution in [0, 0.1) is 40.9 Å². The van der Waals surface area contributed by atoms with Crippen LogP contribution in [-0.4, -0.2) is 8.07 Å². The van der Waals surface area contributed by atoms with Gasteiger partial charge in [-0.2, -0.15) is 0 Å². The summed E-state index contributed by atoms with van der Waals surface area (Å²) in [6.45, 7) is 15.5. The largest absolute Gasteiger partial charge is 0.0808 e. The molecule has 1 heteroatoms. The molecule has 31 heavy (non-hydrogen) atoms. The molecule has 0 aromatic carbocycles. The maximum atomic E-state index is 2.80. The average Bonchev–Trinajstić information content (AvgIpc) is 3.30. The van der Waals surface area contributed by atoms with Gasteiger partial charge < -0.3 is 0 Å². The Labute approximate surface area is 193 Å². The van der Waals surface area contributed by atoms with Crippen LogP contribution in [0.15, 0.2) is 47.6 Å². The molecule has 0 aromatic rings. The lowest BCUT2D eigenvalue weighted by molar-refractivity contribution is 0.291. The fraction of sp³-hybridized carbons (Fsp3) is 0.733. The maximum absolute atomic E-state index is 2.80. The minimum Gasteiger partial charge on any atom is -0.0808 e. The number of allylic oxidation sites excluding steroid dienone is 8. The van der Waals surface area contributed by atoms with Crippen LogP contribution in [0.1, 0.15) is 72.6 Å². The number of hydrogen-bond acceptors (Lipinski definition) is 0. The third-order valence-corrected chi connectivity index (χ3v) is 15.5. The highest BCUT2D eigenvalue weighted by molar-refractivity contribution is 6.80. The molecule has 0 heterocycles. The standard InChI is InChI=1S/C30H46Si/c1-20(2)18-22-19-28(31(5,6)27-16-13-21-10-7-8-11-23(21)27)25-14-15-26-24(29(22)25)12-9-17-30(26,3)4/h7-8,10-11,14-15,20-23,25,27-29H,9,12-13,16-19H2,1-6H3. The predicted molar refractivity (Wildman–Crippen MR) is 138 cm³/mol. The first kappa shape index (κ1) is 22.0. The first-order valence-electron chi connectivity index (χ1n) is 13.5. The van der Waals surface area contributed by atoms with Gasteiger partial charge in [0.15, 0.2) is 0 Å². The zero-order valence-electron chi connectivity index (χ0n) is 21.0. The van der Waals surface area contributed by atoms with E-state index in [0.717, 1.165) is 46.6 Å². The molecule has 0 aromatic heterocycles. The van der Waals surface area contributed by atoms with Crippen molar-refractivity contribution < 1.29 is 0 Å². The van der Waals surface area contributed by atoms with Gasteiger partial charge in [-0.15, -0.1) is 0 Å². The van der Waals surface area contributed by atoms with Gasteiger partial charge in [-0.3, -0.25) is 0 Å². The predicted octanol–water partition coefficient (Wildman–Crippen LogP) is 8.96. The first-order valence-corrected chi connectivity index (χ1v) is 16.6. The monoisotopic (exact) mass is 434 g/mol. The molecule has 0 nitrogen and oxygen atoms in total. The minimum absolute atomic E-state index is 0.389. The smallest absolute Gasteiger partial charge is 0.0548 e. The van der Waals surface area contributed by atoms with E-state index in [-0.39, 0.29) is 0 Å². The normalized spacial score (nSPS) is 40.9. The molecule has 5 aliphatic rings. The number of rotatable bonds is 4. The Morgan fingerprint density at radius 2 is 1.77 bits per heavy atom. The van der Waals surface area contributed by atoms with E-state index in [1.165, 1.54) is 44.9 Å². The van der Waals surface area contributed by atoms with Gasteiger partial charge in [-0.05, 0) is 96.1 Å². The SMILES string of the molecule is CC(C)CC1CC([Si](C)(C)C2CCC3C=CC=CC32)C2C=CC3=C(CCCC3(C)C)C12. The van der Waals surface area contributed by atoms with Crippen molar-refractivity contribution in [1.82, 2.24) is 0 Å². The average molecular weight is 435 g/mol. The van der Waals surface area contributed by atoms with Crippen LogP contribution in [0.25, 0.3) is 0 Å². The molecular formula is C30H46Si. The van der Waals surface area contributed by atoms with Crippen molar-refractivity contribution in [1.29, 1.82) is 0 Å². The summed E-state index contributed by atoms with van der Waals surface area (Å²) in [5.74, 6) is 5.11. The Bertz CT molecular complexity index is 819. The zero-order valence-corrected chi connectivity index (χ0v) is 22.0. The fourth-order valence-electron chi connectivity index (χ4n) is 9.02. The van der Waals surface area contributed by atoms with Gasteiger partial charge in [0.1, 0.15) is 0 Å². The summed E-state index contributed by atoms with van der Waals surface area (Å²) in [5.41, 5.74) is 6.00. The quantitative estimate of drug-likeness (QED) is 0.387. The van der Waals surface area contributed by atoms with Crippen molar-refractivity contribution in [3.63, 3.8) is 0 Å². The molecule has 2 saturated carbocycles. The van der Waals surface area contributed by atoms with Gasteiger partial charge in [0.25, 0.3) is 0 Å². The lowest BCUT2D eigenvalue weighted by Crippen LogP contribution is -2.42. The first-order chi connectivity index (χ1) is 14.7. The third kappa shape index (κ3) is 3.62. The molecule has 0 saturated heterocycles. The molecule has 7 unspecified atom stereocenters. The molecule has 5 aliphatic carbocycles. The highest BCUT2D eigenvalue weighted by atomic mass is 28.3. The second-order valence-corrected chi connectivity index (χ2v) is 18.5. The van der Waals surface area contributed by atoms with E-state index in [0.29, 0.717) is 5.41 Å². The van der Waals surface area contributed by atoms with Crippen LogP contribution < -0.4 is 0 Å². The van der Waals surface area contributed by atoms with Gasteiger partial charge in [0, 0.05) is 0 Å². The molecule has 7 atom stereocenters. The summed E-state index contributed by atoms with van der Waals surface area (Å²) in [5, 5.41) is 0. The summed E-state index contributed by atoms with van der Waals surface area (Å²) < 4.78 is 0. The van der Waals surface area contributed by atoms with Crippen LogP contribution in [0.3, 0.4) is 0 Å². The van der Waals surface area contributed by atoms with Crippen LogP contribution in [0.4, 0.5) is 0 Å². The van der Waals surface area contributed by atoms with Gasteiger partial charge >= 0.3 is 0 Å². The van der Waals surface area contributed by atoms with E-state index >= 15 is 0 Å². The van der Waals surface area contributed by atoms with Crippen molar-refractivity contribution in [3.8, 4) is 0 Å². The number of hydrogen-bond donors (Lipinski definition) is 0. The zero-order chi connectivity index (χ0) is 22.0. The van der Waals surface area contributed by atoms with Crippen LogP contribution in [0.5, 0.6) is 0 Å². The Morgan fingerprint density at radius 1 is 1.00 bits per heavy atom. The molecule has 0 spiro atoms. The Hall–Kier alpha value is -0.823. The second kappa shape index (κ2) is 7.89. The topological polar surface area (TPSA) is 0 Å². The molecule has 0 bridgehead atoms. The van der Waals surface area contributed by atoms with Crippen molar-refractivity contribution >= 4 is 8.07 Å². The molecule has 5 rings (SSSR count). The Balaban J connectivity index is 1.49. The third-order valence-electron chi connectivity index (χ3n) is 10.4. The lowest BCUT2D eigenvalue weighted by Gasteiger charge is -2.45. The molecule has 0 N–H and O–H groups in total. The van der Waals surface area contributed by atoms with E-state index in [1.54, 1.807) is 5.57 Å². The van der Waals surface area contributed by atoms with Crippen LogP contribution >= 0.6 is 0 Å². The highest BCUT2D eigenvalue weighted by Gasteiger charge is 2.56. The second-order valence-electron chi connectivity index (χ2n) is 13.4. The van der Waals surface area contributed by atoms with Gasteiger partial charge in [-0.1, -0.05) is 89.2 Å². The van der Waals surface area contributed by atoms with Crippen LogP contribution in [-0.2, 0) is 0 Å². The van der Waals surface area contributed by atoms with Crippen molar-refractivity contribution in [2.45, 2.75) is 96.8 Å². The molecule has 0 aliphatic heterocycles. The van der Waals surface area contributed by atoms with Crippen molar-refractivity contribution in [3.05, 3.63) is 47.6 Å². The van der Waals surface area contributed by atoms with Crippen molar-refractivity contribution in [2.75, 3.05) is 0 Å².